The Kier molecular flexibility index (Phi) is 5.30. The summed E-state index contributed by atoms with van der Waals surface area (Å²) in [4.78, 5) is 16.0. The summed E-state index contributed by atoms with van der Waals surface area (Å²) in [5.74, 6) is 1.20. The number of aromatic amines is 1. The molecule has 3 N–H and O–H groups in total. The molecule has 0 spiro atoms. The molecule has 0 atom stereocenters. The second-order valence-corrected chi connectivity index (χ2v) is 6.39. The SMILES string of the molecule is Cc1cc(N/C(=N\C(=O)CC(C)C)NC(C)(C)C)n[nH]1. The van der Waals surface area contributed by atoms with E-state index in [2.05, 4.69) is 25.8 Å². The minimum atomic E-state index is -0.199. The van der Waals surface area contributed by atoms with Crippen molar-refractivity contribution in [1.29, 1.82) is 0 Å². The van der Waals surface area contributed by atoms with Crippen molar-refractivity contribution in [1.82, 2.24) is 15.5 Å². The molecule has 6 heteroatoms. The number of rotatable bonds is 3. The molecule has 0 aliphatic heterocycles. The molecule has 6 nitrogen and oxygen atoms in total. The first-order valence-corrected chi connectivity index (χ1v) is 6.84. The second-order valence-electron chi connectivity index (χ2n) is 6.39. The number of aromatic nitrogens is 2. The number of carbonyl (C=O) groups excluding carboxylic acids is 1. The van der Waals surface area contributed by atoms with Crippen LogP contribution >= 0.6 is 0 Å². The Morgan fingerprint density at radius 3 is 2.55 bits per heavy atom. The van der Waals surface area contributed by atoms with E-state index in [1.165, 1.54) is 0 Å². The molecule has 1 rings (SSSR count). The van der Waals surface area contributed by atoms with E-state index in [0.29, 0.717) is 18.2 Å². The molecule has 1 amide bonds. The van der Waals surface area contributed by atoms with Gasteiger partial charge in [-0.1, -0.05) is 13.8 Å². The van der Waals surface area contributed by atoms with Crippen molar-refractivity contribution >= 4 is 17.7 Å². The molecule has 0 saturated heterocycles. The Balaban J connectivity index is 2.84. The van der Waals surface area contributed by atoms with E-state index in [1.54, 1.807) is 0 Å². The topological polar surface area (TPSA) is 82.2 Å². The summed E-state index contributed by atoms with van der Waals surface area (Å²) in [7, 11) is 0. The van der Waals surface area contributed by atoms with E-state index in [9.17, 15) is 4.79 Å². The van der Waals surface area contributed by atoms with Gasteiger partial charge in [-0.25, -0.2) is 0 Å². The van der Waals surface area contributed by atoms with Gasteiger partial charge in [-0.15, -0.1) is 0 Å². The molecule has 112 valence electrons. The van der Waals surface area contributed by atoms with Gasteiger partial charge in [0.05, 0.1) is 0 Å². The van der Waals surface area contributed by atoms with E-state index in [0.717, 1.165) is 5.69 Å². The lowest BCUT2D eigenvalue weighted by atomic mass is 10.1. The zero-order chi connectivity index (χ0) is 15.3. The highest BCUT2D eigenvalue weighted by molar-refractivity contribution is 6.00. The molecule has 0 saturated carbocycles. The number of aliphatic imine (C=N–C) groups is 1. The highest BCUT2D eigenvalue weighted by atomic mass is 16.1. The van der Waals surface area contributed by atoms with Crippen molar-refractivity contribution in [2.24, 2.45) is 10.9 Å². The van der Waals surface area contributed by atoms with Crippen molar-refractivity contribution in [3.63, 3.8) is 0 Å². The van der Waals surface area contributed by atoms with Gasteiger partial charge >= 0.3 is 0 Å². The Morgan fingerprint density at radius 1 is 1.45 bits per heavy atom. The number of H-pyrrole nitrogens is 1. The predicted octanol–water partition coefficient (Wildman–Crippen LogP) is 2.45. The van der Waals surface area contributed by atoms with Gasteiger partial charge in [0.1, 0.15) is 0 Å². The molecule has 0 bridgehead atoms. The van der Waals surface area contributed by atoms with Gasteiger partial charge < -0.3 is 10.6 Å². The van der Waals surface area contributed by atoms with Crippen molar-refractivity contribution in [2.45, 2.75) is 53.5 Å². The quantitative estimate of drug-likeness (QED) is 0.586. The summed E-state index contributed by atoms with van der Waals surface area (Å²) < 4.78 is 0. The molecule has 20 heavy (non-hydrogen) atoms. The van der Waals surface area contributed by atoms with Crippen LogP contribution < -0.4 is 10.6 Å². The van der Waals surface area contributed by atoms with Crippen molar-refractivity contribution in [3.8, 4) is 0 Å². The number of carbonyl (C=O) groups is 1. The van der Waals surface area contributed by atoms with Crippen LogP contribution in [-0.2, 0) is 4.79 Å². The summed E-state index contributed by atoms with van der Waals surface area (Å²) in [5, 5.41) is 13.1. The lowest BCUT2D eigenvalue weighted by Gasteiger charge is -2.23. The van der Waals surface area contributed by atoms with Gasteiger partial charge in [0.2, 0.25) is 11.9 Å². The standard InChI is InChI=1S/C14H25N5O/c1-9(2)7-12(20)16-13(17-14(4,5)6)15-11-8-10(3)18-19-11/h8-9H,7H2,1-6H3,(H3,15,16,17,18,19,20). The highest BCUT2D eigenvalue weighted by Crippen LogP contribution is 2.07. The number of aryl methyl sites for hydroxylation is 1. The van der Waals surface area contributed by atoms with Crippen LogP contribution in [0.2, 0.25) is 0 Å². The molecule has 0 aliphatic rings. The lowest BCUT2D eigenvalue weighted by Crippen LogP contribution is -2.44. The summed E-state index contributed by atoms with van der Waals surface area (Å²) >= 11 is 0. The molecule has 0 fully saturated rings. The molecule has 0 aromatic carbocycles. The third kappa shape index (κ3) is 6.36. The smallest absolute Gasteiger partial charge is 0.249 e. The fraction of sp³-hybridized carbons (Fsp3) is 0.643. The predicted molar refractivity (Wildman–Crippen MR) is 81.7 cm³/mol. The first-order chi connectivity index (χ1) is 9.15. The van der Waals surface area contributed by atoms with Gasteiger partial charge in [0.25, 0.3) is 0 Å². The van der Waals surface area contributed by atoms with Crippen LogP contribution in [-0.4, -0.2) is 27.6 Å². The number of amides is 1. The zero-order valence-electron chi connectivity index (χ0n) is 13.2. The molecule has 0 unspecified atom stereocenters. The molecule has 1 aromatic rings. The Morgan fingerprint density at radius 2 is 2.10 bits per heavy atom. The first kappa shape index (κ1) is 16.2. The van der Waals surface area contributed by atoms with E-state index in [1.807, 2.05) is 47.6 Å². The monoisotopic (exact) mass is 279 g/mol. The van der Waals surface area contributed by atoms with Gasteiger partial charge in [-0.05, 0) is 33.6 Å². The highest BCUT2D eigenvalue weighted by Gasteiger charge is 2.15. The van der Waals surface area contributed by atoms with Crippen LogP contribution in [0.3, 0.4) is 0 Å². The maximum absolute atomic E-state index is 11.8. The van der Waals surface area contributed by atoms with E-state index in [-0.39, 0.29) is 17.4 Å². The number of hydrogen-bond acceptors (Lipinski definition) is 2. The molecular weight excluding hydrogens is 254 g/mol. The van der Waals surface area contributed by atoms with Gasteiger partial charge in [-0.3, -0.25) is 9.89 Å². The minimum absolute atomic E-state index is 0.147. The fourth-order valence-corrected chi connectivity index (χ4v) is 1.57. The summed E-state index contributed by atoms with van der Waals surface area (Å²) in [6, 6.07) is 1.85. The number of nitrogens with zero attached hydrogens (tertiary/aromatic N) is 2. The van der Waals surface area contributed by atoms with Crippen molar-refractivity contribution in [3.05, 3.63) is 11.8 Å². The number of anilines is 1. The number of guanidine groups is 1. The van der Waals surface area contributed by atoms with E-state index in [4.69, 9.17) is 0 Å². The lowest BCUT2D eigenvalue weighted by molar-refractivity contribution is -0.118. The van der Waals surface area contributed by atoms with Crippen LogP contribution in [0.25, 0.3) is 0 Å². The zero-order valence-corrected chi connectivity index (χ0v) is 13.2. The maximum Gasteiger partial charge on any atom is 0.249 e. The first-order valence-electron chi connectivity index (χ1n) is 6.84. The molecule has 1 heterocycles. The van der Waals surface area contributed by atoms with Gasteiger partial charge in [0.15, 0.2) is 5.82 Å². The van der Waals surface area contributed by atoms with Crippen LogP contribution in [0.4, 0.5) is 5.82 Å². The Labute approximate surface area is 120 Å². The van der Waals surface area contributed by atoms with E-state index >= 15 is 0 Å². The molecule has 1 aromatic heterocycles. The third-order valence-electron chi connectivity index (χ3n) is 2.27. The van der Waals surface area contributed by atoms with Crippen LogP contribution in [0, 0.1) is 12.8 Å². The van der Waals surface area contributed by atoms with Crippen molar-refractivity contribution in [2.75, 3.05) is 5.32 Å². The molecule has 0 aliphatic carbocycles. The maximum atomic E-state index is 11.8. The largest absolute Gasteiger partial charge is 0.351 e. The average Bonchev–Trinajstić information content (AvgIpc) is 2.59. The number of hydrogen-bond donors (Lipinski definition) is 3. The summed E-state index contributed by atoms with van der Waals surface area (Å²) in [6.45, 7) is 11.9. The van der Waals surface area contributed by atoms with Crippen LogP contribution in [0.1, 0.15) is 46.7 Å². The summed E-state index contributed by atoms with van der Waals surface area (Å²) in [6.07, 6.45) is 0.427. The second kappa shape index (κ2) is 6.54. The average molecular weight is 279 g/mol. The minimum Gasteiger partial charge on any atom is -0.351 e. The van der Waals surface area contributed by atoms with E-state index < -0.39 is 0 Å². The third-order valence-corrected chi connectivity index (χ3v) is 2.27. The molecular formula is C14H25N5O. The Bertz CT molecular complexity index is 482. The summed E-state index contributed by atoms with van der Waals surface area (Å²) in [5.41, 5.74) is 0.742. The van der Waals surface area contributed by atoms with Crippen LogP contribution in [0.15, 0.2) is 11.1 Å². The fourth-order valence-electron chi connectivity index (χ4n) is 1.57. The van der Waals surface area contributed by atoms with Crippen molar-refractivity contribution < 1.29 is 4.79 Å². The normalized spacial score (nSPS) is 12.7. The van der Waals surface area contributed by atoms with Gasteiger partial charge in [0, 0.05) is 23.7 Å². The van der Waals surface area contributed by atoms with Crippen LogP contribution in [0.5, 0.6) is 0 Å². The van der Waals surface area contributed by atoms with Gasteiger partial charge in [-0.2, -0.15) is 10.1 Å². The number of nitrogens with one attached hydrogen (secondary N) is 3. The molecule has 0 radical (unpaired) electrons. The Hall–Kier alpha value is -1.85.